The SMILES string of the molecule is O=C(O)C(CCCO[PH](=O)[O-])(C(=O)O)C(=O)O.O=C(O)C(CCCO[PH](=O)[O-])(C(=O)O)C(=O)O.O=C(O)C(CCCO[PH](=O)[O-])(C(=O)O)C(=O)O.O=C(O)C(CCCO[PH](=O)[O-])(C(=O)O)C(=O)O.[Zr+4]. The van der Waals surface area contributed by atoms with Crippen molar-refractivity contribution >= 4 is 105 Å². The molecule has 0 aromatic heterocycles. The van der Waals surface area contributed by atoms with E-state index in [2.05, 4.69) is 18.1 Å². The minimum Gasteiger partial charge on any atom is -0.781 e. The molecular weight excluding hydrogens is 1130 g/mol. The third kappa shape index (κ3) is 24.0. The van der Waals surface area contributed by atoms with Gasteiger partial charge in [0.1, 0.15) is 33.0 Å². The van der Waals surface area contributed by atoms with Crippen molar-refractivity contribution in [2.45, 2.75) is 51.4 Å². The van der Waals surface area contributed by atoms with E-state index in [1.807, 2.05) is 0 Å². The molecule has 4 unspecified atom stereocenters. The molecular formula is C28H40O36P4Zr. The van der Waals surface area contributed by atoms with Gasteiger partial charge in [-0.05, 0) is 51.4 Å². The van der Waals surface area contributed by atoms with Crippen LogP contribution in [0.2, 0.25) is 0 Å². The van der Waals surface area contributed by atoms with Crippen LogP contribution in [0.1, 0.15) is 51.4 Å². The first-order chi connectivity index (χ1) is 31.0. The zero-order valence-electron chi connectivity index (χ0n) is 34.1. The summed E-state index contributed by atoms with van der Waals surface area (Å²) in [4.78, 5) is 169. The number of carboxylic acids is 12. The fraction of sp³-hybridized carbons (Fsp3) is 0.571. The molecule has 0 amide bonds. The molecule has 0 aromatic carbocycles. The zero-order valence-corrected chi connectivity index (χ0v) is 40.6. The Morgan fingerprint density at radius 3 is 0.464 bits per heavy atom. The summed E-state index contributed by atoms with van der Waals surface area (Å²) in [5.41, 5.74) is -11.9. The van der Waals surface area contributed by atoms with Gasteiger partial charge in [-0.3, -0.25) is 57.5 Å². The number of carbonyl (C=O) groups is 12. The molecule has 0 aliphatic rings. The molecule has 0 bridgehead atoms. The molecule has 0 rings (SSSR count). The van der Waals surface area contributed by atoms with Gasteiger partial charge >= 0.3 is 97.8 Å². The summed E-state index contributed by atoms with van der Waals surface area (Å²) in [5.74, 6) is -24.3. The zero-order chi connectivity index (χ0) is 54.6. The van der Waals surface area contributed by atoms with Crippen molar-refractivity contribution in [1.29, 1.82) is 0 Å². The fourth-order valence-corrected chi connectivity index (χ4v) is 5.60. The van der Waals surface area contributed by atoms with Crippen LogP contribution in [-0.2, 0) is 120 Å². The maximum atomic E-state index is 10.7. The van der Waals surface area contributed by atoms with Crippen LogP contribution in [0.15, 0.2) is 0 Å². The predicted octanol–water partition coefficient (Wildman–Crippen LogP) is -4.91. The summed E-state index contributed by atoms with van der Waals surface area (Å²) in [5, 5.41) is 104. The van der Waals surface area contributed by atoms with Crippen LogP contribution in [0, 0.1) is 21.7 Å². The second kappa shape index (κ2) is 35.3. The van der Waals surface area contributed by atoms with Gasteiger partial charge in [0.2, 0.25) is 0 Å². The Bertz CT molecular complexity index is 1530. The van der Waals surface area contributed by atoms with Crippen molar-refractivity contribution in [2.75, 3.05) is 26.4 Å². The molecule has 0 aromatic rings. The number of rotatable bonds is 32. The third-order valence-electron chi connectivity index (χ3n) is 8.05. The van der Waals surface area contributed by atoms with E-state index in [1.165, 1.54) is 0 Å². The van der Waals surface area contributed by atoms with Gasteiger partial charge in [0.25, 0.3) is 21.7 Å². The molecule has 0 saturated carbocycles. The van der Waals surface area contributed by atoms with Gasteiger partial charge in [-0.25, -0.2) is 0 Å². The van der Waals surface area contributed by atoms with Gasteiger partial charge in [-0.15, -0.1) is 0 Å². The molecule has 392 valence electrons. The number of carboxylic acid groups (broad SMARTS) is 12. The van der Waals surface area contributed by atoms with E-state index < -0.39 is 178 Å². The number of hydrogen-bond acceptors (Lipinski definition) is 24. The smallest absolute Gasteiger partial charge is 0.781 e. The second-order valence-corrected chi connectivity index (χ2v) is 15.2. The Kier molecular flexibility index (Phi) is 37.3. The maximum absolute atomic E-state index is 10.7. The van der Waals surface area contributed by atoms with Crippen molar-refractivity contribution < 1.29 is 201 Å². The van der Waals surface area contributed by atoms with Crippen LogP contribution in [0.25, 0.3) is 0 Å². The molecule has 41 heteroatoms. The van der Waals surface area contributed by atoms with Crippen molar-refractivity contribution in [1.82, 2.24) is 0 Å². The van der Waals surface area contributed by atoms with E-state index in [-0.39, 0.29) is 51.9 Å². The first kappa shape index (κ1) is 73.1. The predicted molar refractivity (Wildman–Crippen MR) is 198 cm³/mol. The van der Waals surface area contributed by atoms with E-state index in [9.17, 15) is 95.4 Å². The van der Waals surface area contributed by atoms with Crippen LogP contribution in [0.4, 0.5) is 0 Å². The number of aliphatic carboxylic acids is 12. The quantitative estimate of drug-likeness (QED) is 0.0171. The van der Waals surface area contributed by atoms with Gasteiger partial charge in [0.15, 0.2) is 0 Å². The molecule has 0 radical (unpaired) electrons. The monoisotopic (exact) mass is 1170 g/mol. The van der Waals surface area contributed by atoms with Crippen LogP contribution in [0.5, 0.6) is 0 Å². The van der Waals surface area contributed by atoms with Crippen molar-refractivity contribution in [3.8, 4) is 0 Å². The minimum absolute atomic E-state index is 0. The summed E-state index contributed by atoms with van der Waals surface area (Å²) < 4.78 is 56.5. The molecule has 0 spiro atoms. The Balaban J connectivity index is -0.000000263. The average Bonchev–Trinajstić information content (AvgIpc) is 3.16. The van der Waals surface area contributed by atoms with Gasteiger partial charge < -0.3 is 117 Å². The first-order valence-electron chi connectivity index (χ1n) is 17.2. The van der Waals surface area contributed by atoms with Crippen molar-refractivity contribution in [3.63, 3.8) is 0 Å². The number of hydrogen-bond donors (Lipinski definition) is 12. The maximum Gasteiger partial charge on any atom is 4.00 e. The Morgan fingerprint density at radius 1 is 0.290 bits per heavy atom. The Morgan fingerprint density at radius 2 is 0.391 bits per heavy atom. The summed E-state index contributed by atoms with van der Waals surface area (Å²) in [6.45, 7) is -1.85. The largest absolute Gasteiger partial charge is 4.00 e. The summed E-state index contributed by atoms with van der Waals surface area (Å²) in [6, 6.07) is 0. The van der Waals surface area contributed by atoms with Gasteiger partial charge in [0, 0.05) is 0 Å². The van der Waals surface area contributed by atoms with E-state index in [4.69, 9.17) is 61.3 Å². The molecule has 0 saturated heterocycles. The van der Waals surface area contributed by atoms with Crippen molar-refractivity contribution in [2.24, 2.45) is 21.7 Å². The van der Waals surface area contributed by atoms with E-state index in [1.54, 1.807) is 0 Å². The van der Waals surface area contributed by atoms with Gasteiger partial charge in [-0.1, -0.05) is 0 Å². The van der Waals surface area contributed by atoms with Gasteiger partial charge in [0.05, 0.1) is 26.4 Å². The van der Waals surface area contributed by atoms with E-state index in [0.717, 1.165) is 0 Å². The summed E-state index contributed by atoms with van der Waals surface area (Å²) >= 11 is 0. The van der Waals surface area contributed by atoms with E-state index >= 15 is 0 Å². The summed E-state index contributed by atoms with van der Waals surface area (Å²) in [7, 11) is -13.8. The Hall–Kier alpha value is -4.88. The van der Waals surface area contributed by atoms with Crippen LogP contribution < -0.4 is 19.6 Å². The standard InChI is InChI=1S/4C7H11O9P.Zr/c4*8-4(9)7(5(10)11,6(12)13)2-1-3-16-17(14)15;/h4*17H,1-3H2,(H,8,9)(H,10,11)(H,12,13)(H,14,15);/q;;;;+4/p-4. The molecule has 0 aliphatic carbocycles. The second-order valence-electron chi connectivity index (χ2n) is 12.1. The third-order valence-corrected chi connectivity index (χ3v) is 9.80. The molecule has 0 heterocycles. The molecule has 12 N–H and O–H groups in total. The normalized spacial score (nSPS) is 12.8. The van der Waals surface area contributed by atoms with E-state index in [0.29, 0.717) is 0 Å². The van der Waals surface area contributed by atoms with Crippen LogP contribution in [0.3, 0.4) is 0 Å². The molecule has 0 fully saturated rings. The van der Waals surface area contributed by atoms with Crippen LogP contribution in [-0.4, -0.2) is 159 Å². The average molecular weight is 1170 g/mol. The van der Waals surface area contributed by atoms with Crippen LogP contribution >= 0.6 is 33.0 Å². The Labute approximate surface area is 403 Å². The first-order valence-corrected chi connectivity index (χ1v) is 22.1. The topological polar surface area (TPSA) is 645 Å². The van der Waals surface area contributed by atoms with Crippen molar-refractivity contribution in [3.05, 3.63) is 0 Å². The molecule has 0 aliphatic heterocycles. The fourth-order valence-electron chi connectivity index (χ4n) is 4.35. The molecule has 4 atom stereocenters. The minimum atomic E-state index is -3.45. The van der Waals surface area contributed by atoms with Gasteiger partial charge in [-0.2, -0.15) is 0 Å². The molecule has 69 heavy (non-hydrogen) atoms. The molecule has 36 nitrogen and oxygen atoms in total. The summed E-state index contributed by atoms with van der Waals surface area (Å²) in [6.07, 6.45) is -4.42.